The third kappa shape index (κ3) is 4.31. The predicted molar refractivity (Wildman–Crippen MR) is 94.3 cm³/mol. The summed E-state index contributed by atoms with van der Waals surface area (Å²) >= 11 is 0. The Labute approximate surface area is 153 Å². The maximum Gasteiger partial charge on any atom is 0.375 e. The number of rotatable bonds is 6. The number of hydrogen-bond donors (Lipinski definition) is 1. The van der Waals surface area contributed by atoms with Crippen LogP contribution < -0.4 is 5.32 Å². The second kappa shape index (κ2) is 7.99. The second-order valence-corrected chi connectivity index (χ2v) is 5.96. The summed E-state index contributed by atoms with van der Waals surface area (Å²) in [5.74, 6) is -2.18. The molecule has 3 rings (SSSR count). The molecule has 27 heavy (non-hydrogen) atoms. The van der Waals surface area contributed by atoms with Crippen LogP contribution in [0.2, 0.25) is 0 Å². The molecule has 3 aromatic rings. The van der Waals surface area contributed by atoms with Gasteiger partial charge in [-0.15, -0.1) is 0 Å². The normalized spacial score (nSPS) is 10.8. The molecule has 1 amide bonds. The van der Waals surface area contributed by atoms with Crippen molar-refractivity contribution in [3.05, 3.63) is 71.0 Å². The van der Waals surface area contributed by atoms with Gasteiger partial charge in [0.05, 0.1) is 0 Å². The number of benzene rings is 2. The molecule has 7 heteroatoms. The molecule has 1 aromatic heterocycles. The maximum atomic E-state index is 13.5. The number of nitrogens with one attached hydrogen (secondary N) is 1. The number of hydrogen-bond acceptors (Lipinski definition) is 4. The molecule has 0 saturated carbocycles. The van der Waals surface area contributed by atoms with Crippen molar-refractivity contribution in [2.45, 2.75) is 13.3 Å². The number of carbonyl (C=O) groups excluding carboxylic acids is 2. The van der Waals surface area contributed by atoms with Crippen LogP contribution in [0.5, 0.6) is 0 Å². The Balaban J connectivity index is 1.52. The molecule has 0 spiro atoms. The van der Waals surface area contributed by atoms with Crippen molar-refractivity contribution < 1.29 is 27.5 Å². The average molecular weight is 373 g/mol. The monoisotopic (exact) mass is 373 g/mol. The Kier molecular flexibility index (Phi) is 5.49. The molecular formula is C20H17F2NO4. The lowest BCUT2D eigenvalue weighted by Crippen LogP contribution is -2.30. The fourth-order valence-corrected chi connectivity index (χ4v) is 2.67. The topological polar surface area (TPSA) is 68.5 Å². The van der Waals surface area contributed by atoms with E-state index in [1.54, 1.807) is 25.1 Å². The molecule has 140 valence electrons. The van der Waals surface area contributed by atoms with E-state index in [9.17, 15) is 18.4 Å². The van der Waals surface area contributed by atoms with E-state index >= 15 is 0 Å². The average Bonchev–Trinajstić information content (AvgIpc) is 2.98. The van der Waals surface area contributed by atoms with E-state index in [2.05, 4.69) is 5.32 Å². The summed E-state index contributed by atoms with van der Waals surface area (Å²) in [6.45, 7) is 1.32. The third-order valence-corrected chi connectivity index (χ3v) is 4.09. The van der Waals surface area contributed by atoms with Gasteiger partial charge in [-0.3, -0.25) is 4.79 Å². The summed E-state index contributed by atoms with van der Waals surface area (Å²) in [4.78, 5) is 23.9. The van der Waals surface area contributed by atoms with Gasteiger partial charge >= 0.3 is 5.97 Å². The molecule has 0 saturated heterocycles. The van der Waals surface area contributed by atoms with Gasteiger partial charge in [0.15, 0.2) is 6.61 Å². The number of ether oxygens (including phenoxy) is 1. The highest BCUT2D eigenvalue weighted by molar-refractivity contribution is 5.96. The Morgan fingerprint density at radius 3 is 2.70 bits per heavy atom. The fraction of sp³-hybridized carbons (Fsp3) is 0.200. The number of furan rings is 1. The van der Waals surface area contributed by atoms with Crippen LogP contribution in [0.3, 0.4) is 0 Å². The number of carbonyl (C=O) groups is 2. The number of amides is 1. The lowest BCUT2D eigenvalue weighted by molar-refractivity contribution is -0.124. The largest absolute Gasteiger partial charge is 0.450 e. The molecule has 0 aliphatic rings. The van der Waals surface area contributed by atoms with Crippen LogP contribution in [0, 0.1) is 18.6 Å². The Hall–Kier alpha value is -3.22. The number of esters is 1. The van der Waals surface area contributed by atoms with Crippen molar-refractivity contribution in [3.63, 3.8) is 0 Å². The molecule has 0 unspecified atom stereocenters. The minimum absolute atomic E-state index is 0.0743. The minimum Gasteiger partial charge on any atom is -0.450 e. The van der Waals surface area contributed by atoms with Gasteiger partial charge in [0.1, 0.15) is 17.2 Å². The van der Waals surface area contributed by atoms with Crippen LogP contribution in [-0.4, -0.2) is 25.0 Å². The van der Waals surface area contributed by atoms with Crippen molar-refractivity contribution in [2.75, 3.05) is 13.2 Å². The number of fused-ring (bicyclic) bond motifs is 1. The first-order chi connectivity index (χ1) is 13.0. The van der Waals surface area contributed by atoms with Crippen LogP contribution in [0.1, 0.15) is 21.7 Å². The highest BCUT2D eigenvalue weighted by atomic mass is 19.1. The zero-order valence-electron chi connectivity index (χ0n) is 14.6. The van der Waals surface area contributed by atoms with Crippen molar-refractivity contribution in [3.8, 4) is 0 Å². The molecular weight excluding hydrogens is 356 g/mol. The van der Waals surface area contributed by atoms with Crippen LogP contribution in [0.4, 0.5) is 8.78 Å². The van der Waals surface area contributed by atoms with E-state index in [1.165, 1.54) is 24.3 Å². The van der Waals surface area contributed by atoms with Crippen molar-refractivity contribution >= 4 is 22.8 Å². The summed E-state index contributed by atoms with van der Waals surface area (Å²) in [5, 5.41) is 3.02. The Morgan fingerprint density at radius 1 is 1.15 bits per heavy atom. The van der Waals surface area contributed by atoms with Crippen molar-refractivity contribution in [1.82, 2.24) is 5.32 Å². The summed E-state index contributed by atoms with van der Waals surface area (Å²) in [5.41, 5.74) is 1.28. The van der Waals surface area contributed by atoms with Gasteiger partial charge in [-0.1, -0.05) is 18.2 Å². The summed E-state index contributed by atoms with van der Waals surface area (Å²) in [7, 11) is 0. The lowest BCUT2D eigenvalue weighted by atomic mass is 10.1. The van der Waals surface area contributed by atoms with E-state index in [0.717, 1.165) is 0 Å². The van der Waals surface area contributed by atoms with E-state index in [0.29, 0.717) is 28.5 Å². The molecule has 0 aliphatic heterocycles. The highest BCUT2D eigenvalue weighted by Crippen LogP contribution is 2.26. The summed E-state index contributed by atoms with van der Waals surface area (Å²) in [6.07, 6.45) is 0.320. The van der Waals surface area contributed by atoms with Gasteiger partial charge in [0, 0.05) is 17.5 Å². The molecule has 0 atom stereocenters. The predicted octanol–water partition coefficient (Wildman–Crippen LogP) is 3.54. The zero-order chi connectivity index (χ0) is 19.4. The summed E-state index contributed by atoms with van der Waals surface area (Å²) < 4.78 is 37.1. The van der Waals surface area contributed by atoms with Crippen LogP contribution in [0.25, 0.3) is 11.0 Å². The Bertz CT molecular complexity index is 997. The molecule has 2 aromatic carbocycles. The van der Waals surface area contributed by atoms with Crippen LogP contribution in [-0.2, 0) is 16.0 Å². The van der Waals surface area contributed by atoms with Gasteiger partial charge in [0.2, 0.25) is 5.76 Å². The van der Waals surface area contributed by atoms with Crippen LogP contribution >= 0.6 is 0 Å². The van der Waals surface area contributed by atoms with Crippen molar-refractivity contribution in [2.24, 2.45) is 0 Å². The lowest BCUT2D eigenvalue weighted by Gasteiger charge is -2.07. The fourth-order valence-electron chi connectivity index (χ4n) is 2.67. The molecule has 0 fully saturated rings. The van der Waals surface area contributed by atoms with Gasteiger partial charge < -0.3 is 14.5 Å². The highest BCUT2D eigenvalue weighted by Gasteiger charge is 2.20. The minimum atomic E-state index is -0.812. The van der Waals surface area contributed by atoms with Gasteiger partial charge in [0.25, 0.3) is 5.91 Å². The first kappa shape index (κ1) is 18.6. The quantitative estimate of drug-likeness (QED) is 0.671. The van der Waals surface area contributed by atoms with E-state index in [-0.39, 0.29) is 18.1 Å². The molecule has 1 heterocycles. The van der Waals surface area contributed by atoms with E-state index in [1.807, 2.05) is 0 Å². The first-order valence-electron chi connectivity index (χ1n) is 8.31. The molecule has 0 aliphatic carbocycles. The molecule has 1 N–H and O–H groups in total. The third-order valence-electron chi connectivity index (χ3n) is 4.09. The molecule has 5 nitrogen and oxygen atoms in total. The summed E-state index contributed by atoms with van der Waals surface area (Å²) in [6, 6.07) is 10.2. The van der Waals surface area contributed by atoms with Gasteiger partial charge in [-0.2, -0.15) is 0 Å². The maximum absolute atomic E-state index is 13.5. The molecule has 0 radical (unpaired) electrons. The standard InChI is InChI=1S/C20H17F2NO4/c1-12-15-10-14(21)6-7-17(15)27-19(12)20(25)26-11-18(24)23-9-8-13-4-2-3-5-16(13)22/h2-7,10H,8-9,11H2,1H3,(H,23,24). The van der Waals surface area contributed by atoms with Crippen LogP contribution in [0.15, 0.2) is 46.9 Å². The molecule has 0 bridgehead atoms. The van der Waals surface area contributed by atoms with Gasteiger partial charge in [-0.05, 0) is 43.2 Å². The zero-order valence-corrected chi connectivity index (χ0v) is 14.6. The van der Waals surface area contributed by atoms with E-state index in [4.69, 9.17) is 9.15 Å². The Morgan fingerprint density at radius 2 is 1.93 bits per heavy atom. The SMILES string of the molecule is Cc1c(C(=O)OCC(=O)NCCc2ccccc2F)oc2ccc(F)cc12. The van der Waals surface area contributed by atoms with Gasteiger partial charge in [-0.25, -0.2) is 13.6 Å². The van der Waals surface area contributed by atoms with E-state index < -0.39 is 24.3 Å². The smallest absolute Gasteiger partial charge is 0.375 e. The number of halogens is 2. The van der Waals surface area contributed by atoms with Crippen molar-refractivity contribution in [1.29, 1.82) is 0 Å². The second-order valence-electron chi connectivity index (χ2n) is 5.96. The first-order valence-corrected chi connectivity index (χ1v) is 8.31. The number of aryl methyl sites for hydroxylation is 1.